The van der Waals surface area contributed by atoms with Gasteiger partial charge in [-0.05, 0) is 31.7 Å². The standard InChI is InChI=1S/C16H30N4O2.ClH/c1-13(2)11-18-16(22)20-8-3-5-14(12-20)15(21)19-9-4-6-17-7-10-19;/h13-14,17H,3-12H2,1-2H3,(H,18,22);1H. The van der Waals surface area contributed by atoms with Crippen LogP contribution < -0.4 is 10.6 Å². The van der Waals surface area contributed by atoms with Gasteiger partial charge in [0, 0.05) is 39.3 Å². The van der Waals surface area contributed by atoms with Gasteiger partial charge in [0.1, 0.15) is 0 Å². The van der Waals surface area contributed by atoms with Gasteiger partial charge in [-0.2, -0.15) is 0 Å². The van der Waals surface area contributed by atoms with Crippen LogP contribution in [0.3, 0.4) is 0 Å². The molecular formula is C16H31ClN4O2. The van der Waals surface area contributed by atoms with E-state index in [1.54, 1.807) is 0 Å². The van der Waals surface area contributed by atoms with E-state index in [4.69, 9.17) is 0 Å². The van der Waals surface area contributed by atoms with Crippen LogP contribution in [0.5, 0.6) is 0 Å². The summed E-state index contributed by atoms with van der Waals surface area (Å²) < 4.78 is 0. The summed E-state index contributed by atoms with van der Waals surface area (Å²) in [5.74, 6) is 0.637. The quantitative estimate of drug-likeness (QED) is 0.809. The number of hydrogen-bond donors (Lipinski definition) is 2. The summed E-state index contributed by atoms with van der Waals surface area (Å²) in [6.45, 7) is 9.64. The minimum Gasteiger partial charge on any atom is -0.341 e. The highest BCUT2D eigenvalue weighted by Gasteiger charge is 2.31. The average molecular weight is 347 g/mol. The Balaban J connectivity index is 0.00000264. The summed E-state index contributed by atoms with van der Waals surface area (Å²) in [6.07, 6.45) is 2.82. The molecule has 2 rings (SSSR count). The molecule has 2 N–H and O–H groups in total. The number of nitrogens with one attached hydrogen (secondary N) is 2. The van der Waals surface area contributed by atoms with E-state index in [1.807, 2.05) is 9.80 Å². The van der Waals surface area contributed by atoms with E-state index in [1.165, 1.54) is 0 Å². The molecule has 0 aromatic carbocycles. The maximum Gasteiger partial charge on any atom is 0.317 e. The van der Waals surface area contributed by atoms with Gasteiger partial charge in [0.05, 0.1) is 5.92 Å². The van der Waals surface area contributed by atoms with Crippen LogP contribution in [0.15, 0.2) is 0 Å². The van der Waals surface area contributed by atoms with E-state index in [-0.39, 0.29) is 30.3 Å². The predicted octanol–water partition coefficient (Wildman–Crippen LogP) is 1.31. The van der Waals surface area contributed by atoms with Gasteiger partial charge < -0.3 is 20.4 Å². The van der Waals surface area contributed by atoms with Crippen molar-refractivity contribution in [3.05, 3.63) is 0 Å². The smallest absolute Gasteiger partial charge is 0.317 e. The van der Waals surface area contributed by atoms with Crippen LogP contribution in [-0.4, -0.2) is 67.6 Å². The monoisotopic (exact) mass is 346 g/mol. The highest BCUT2D eigenvalue weighted by Crippen LogP contribution is 2.19. The molecule has 0 saturated carbocycles. The van der Waals surface area contributed by atoms with Crippen LogP contribution in [0, 0.1) is 11.8 Å². The van der Waals surface area contributed by atoms with Gasteiger partial charge >= 0.3 is 6.03 Å². The zero-order chi connectivity index (χ0) is 15.9. The SMILES string of the molecule is CC(C)CNC(=O)N1CCCC(C(=O)N2CCCNCC2)C1.Cl. The lowest BCUT2D eigenvalue weighted by atomic mass is 9.96. The third kappa shape index (κ3) is 6.18. The van der Waals surface area contributed by atoms with E-state index in [0.717, 1.165) is 52.0 Å². The molecule has 23 heavy (non-hydrogen) atoms. The molecule has 2 aliphatic rings. The maximum absolute atomic E-state index is 12.7. The minimum absolute atomic E-state index is 0. The van der Waals surface area contributed by atoms with E-state index < -0.39 is 0 Å². The molecular weight excluding hydrogens is 316 g/mol. The normalized spacial score (nSPS) is 22.3. The van der Waals surface area contributed by atoms with Crippen molar-refractivity contribution in [2.45, 2.75) is 33.1 Å². The lowest BCUT2D eigenvalue weighted by Crippen LogP contribution is -2.50. The van der Waals surface area contributed by atoms with Crippen molar-refractivity contribution in [1.29, 1.82) is 0 Å². The topological polar surface area (TPSA) is 64.7 Å². The first-order chi connectivity index (χ1) is 10.6. The highest BCUT2D eigenvalue weighted by molar-refractivity contribution is 5.85. The van der Waals surface area contributed by atoms with Gasteiger partial charge in [0.2, 0.25) is 5.91 Å². The number of rotatable bonds is 3. The summed E-state index contributed by atoms with van der Waals surface area (Å²) in [7, 11) is 0. The second-order valence-electron chi connectivity index (χ2n) is 6.79. The van der Waals surface area contributed by atoms with Crippen molar-refractivity contribution in [3.8, 4) is 0 Å². The molecule has 2 aliphatic heterocycles. The Hall–Kier alpha value is -1.01. The van der Waals surface area contributed by atoms with Gasteiger partial charge in [-0.1, -0.05) is 13.8 Å². The highest BCUT2D eigenvalue weighted by atomic mass is 35.5. The molecule has 6 nitrogen and oxygen atoms in total. The minimum atomic E-state index is -0.0309. The molecule has 3 amide bonds. The summed E-state index contributed by atoms with van der Waals surface area (Å²) in [5.41, 5.74) is 0. The third-order valence-corrected chi connectivity index (χ3v) is 4.37. The lowest BCUT2D eigenvalue weighted by Gasteiger charge is -2.34. The zero-order valence-electron chi connectivity index (χ0n) is 14.3. The Kier molecular flexibility index (Phi) is 8.69. The van der Waals surface area contributed by atoms with Crippen LogP contribution in [0.25, 0.3) is 0 Å². The Morgan fingerprint density at radius 3 is 2.61 bits per heavy atom. The Labute approximate surface area is 145 Å². The molecule has 2 saturated heterocycles. The Bertz CT molecular complexity index is 384. The molecule has 7 heteroatoms. The number of piperidine rings is 1. The van der Waals surface area contributed by atoms with Gasteiger partial charge in [0.25, 0.3) is 0 Å². The molecule has 0 radical (unpaired) electrons. The largest absolute Gasteiger partial charge is 0.341 e. The van der Waals surface area contributed by atoms with Gasteiger partial charge in [-0.25, -0.2) is 4.79 Å². The number of hydrogen-bond acceptors (Lipinski definition) is 3. The molecule has 0 aromatic rings. The molecule has 0 aliphatic carbocycles. The Morgan fingerprint density at radius 2 is 1.87 bits per heavy atom. The van der Waals surface area contributed by atoms with Crippen molar-refractivity contribution in [2.24, 2.45) is 11.8 Å². The second-order valence-corrected chi connectivity index (χ2v) is 6.79. The van der Waals surface area contributed by atoms with E-state index in [9.17, 15) is 9.59 Å². The molecule has 134 valence electrons. The first-order valence-electron chi connectivity index (χ1n) is 8.60. The first kappa shape index (κ1) is 20.0. The number of halogens is 1. The second kappa shape index (κ2) is 9.98. The molecule has 1 unspecified atom stereocenters. The fourth-order valence-corrected chi connectivity index (χ4v) is 3.09. The van der Waals surface area contributed by atoms with E-state index in [2.05, 4.69) is 24.5 Å². The molecule has 2 heterocycles. The molecule has 0 spiro atoms. The molecule has 2 fully saturated rings. The number of urea groups is 1. The van der Waals surface area contributed by atoms with Gasteiger partial charge in [0.15, 0.2) is 0 Å². The zero-order valence-corrected chi connectivity index (χ0v) is 15.2. The van der Waals surface area contributed by atoms with Crippen molar-refractivity contribution < 1.29 is 9.59 Å². The number of likely N-dealkylation sites (tertiary alicyclic amines) is 1. The third-order valence-electron chi connectivity index (χ3n) is 4.37. The molecule has 1 atom stereocenters. The molecule has 0 aromatic heterocycles. The Morgan fingerprint density at radius 1 is 1.13 bits per heavy atom. The van der Waals surface area contributed by atoms with Crippen molar-refractivity contribution in [2.75, 3.05) is 45.8 Å². The number of carbonyl (C=O) groups excluding carboxylic acids is 2. The lowest BCUT2D eigenvalue weighted by molar-refractivity contribution is -0.136. The predicted molar refractivity (Wildman–Crippen MR) is 93.8 cm³/mol. The van der Waals surface area contributed by atoms with Crippen molar-refractivity contribution in [1.82, 2.24) is 20.4 Å². The summed E-state index contributed by atoms with van der Waals surface area (Å²) >= 11 is 0. The molecule has 0 bridgehead atoms. The van der Waals surface area contributed by atoms with Crippen LogP contribution >= 0.6 is 12.4 Å². The van der Waals surface area contributed by atoms with Crippen LogP contribution in [0.2, 0.25) is 0 Å². The number of nitrogens with zero attached hydrogens (tertiary/aromatic N) is 2. The summed E-state index contributed by atoms with van der Waals surface area (Å²) in [4.78, 5) is 28.6. The number of carbonyl (C=O) groups is 2. The van der Waals surface area contributed by atoms with E-state index in [0.29, 0.717) is 19.0 Å². The van der Waals surface area contributed by atoms with Crippen molar-refractivity contribution in [3.63, 3.8) is 0 Å². The van der Waals surface area contributed by atoms with E-state index >= 15 is 0 Å². The first-order valence-corrected chi connectivity index (χ1v) is 8.60. The maximum atomic E-state index is 12.7. The van der Waals surface area contributed by atoms with Crippen LogP contribution in [0.1, 0.15) is 33.1 Å². The summed E-state index contributed by atoms with van der Waals surface area (Å²) in [6, 6.07) is -0.0243. The van der Waals surface area contributed by atoms with Gasteiger partial charge in [-0.15, -0.1) is 12.4 Å². The van der Waals surface area contributed by atoms with Gasteiger partial charge in [-0.3, -0.25) is 4.79 Å². The fourth-order valence-electron chi connectivity index (χ4n) is 3.09. The van der Waals surface area contributed by atoms with Crippen LogP contribution in [-0.2, 0) is 4.79 Å². The van der Waals surface area contributed by atoms with Crippen LogP contribution in [0.4, 0.5) is 4.79 Å². The summed E-state index contributed by atoms with van der Waals surface area (Å²) in [5, 5.41) is 6.27. The average Bonchev–Trinajstić information content (AvgIpc) is 2.81. The number of amides is 3. The van der Waals surface area contributed by atoms with Crippen molar-refractivity contribution >= 4 is 24.3 Å². The fraction of sp³-hybridized carbons (Fsp3) is 0.875.